The molecule has 142 valence electrons. The zero-order chi connectivity index (χ0) is 19.3. The Bertz CT molecular complexity index is 1060. The van der Waals surface area contributed by atoms with Gasteiger partial charge in [0.15, 0.2) is 0 Å². The van der Waals surface area contributed by atoms with Crippen LogP contribution in [0, 0.1) is 5.82 Å². The van der Waals surface area contributed by atoms with Crippen LogP contribution in [0.3, 0.4) is 0 Å². The van der Waals surface area contributed by atoms with Crippen molar-refractivity contribution in [2.45, 2.75) is 18.8 Å². The minimum absolute atomic E-state index is 0.121. The molecule has 4 aromatic rings. The zero-order valence-electron chi connectivity index (χ0n) is 15.2. The van der Waals surface area contributed by atoms with Crippen molar-refractivity contribution in [2.75, 3.05) is 6.54 Å². The Kier molecular flexibility index (Phi) is 5.19. The molecular weight excluding hydrogens is 357 g/mol. The number of hydrogen-bond acceptors (Lipinski definition) is 3. The van der Waals surface area contributed by atoms with Gasteiger partial charge in [-0.1, -0.05) is 18.2 Å². The Morgan fingerprint density at radius 2 is 2.00 bits per heavy atom. The number of pyridine rings is 1. The first kappa shape index (κ1) is 18.0. The molecule has 5 nitrogen and oxygen atoms in total. The molecule has 0 aliphatic carbocycles. The quantitative estimate of drug-likeness (QED) is 0.534. The van der Waals surface area contributed by atoms with E-state index in [2.05, 4.69) is 10.3 Å². The van der Waals surface area contributed by atoms with Crippen LogP contribution >= 0.6 is 0 Å². The average molecular weight is 377 g/mol. The van der Waals surface area contributed by atoms with Crippen molar-refractivity contribution in [1.82, 2.24) is 14.7 Å². The van der Waals surface area contributed by atoms with Crippen LogP contribution in [0.2, 0.25) is 0 Å². The maximum atomic E-state index is 13.3. The fourth-order valence-electron chi connectivity index (χ4n) is 3.29. The van der Waals surface area contributed by atoms with Crippen molar-refractivity contribution in [1.29, 1.82) is 0 Å². The molecule has 0 bridgehead atoms. The SMILES string of the molecule is O=C(NCCc1ncc2ccccn12)C(Cc1ccco1)c1ccc(F)cc1. The van der Waals surface area contributed by atoms with Crippen molar-refractivity contribution in [3.05, 3.63) is 96.2 Å². The highest BCUT2D eigenvalue weighted by molar-refractivity contribution is 5.83. The normalized spacial score (nSPS) is 12.2. The molecule has 1 amide bonds. The van der Waals surface area contributed by atoms with Crippen LogP contribution in [0.5, 0.6) is 0 Å². The van der Waals surface area contributed by atoms with Crippen LogP contribution in [0.25, 0.3) is 5.52 Å². The first-order valence-electron chi connectivity index (χ1n) is 9.17. The summed E-state index contributed by atoms with van der Waals surface area (Å²) in [5, 5.41) is 2.98. The van der Waals surface area contributed by atoms with Crippen LogP contribution in [0.4, 0.5) is 4.39 Å². The van der Waals surface area contributed by atoms with E-state index in [9.17, 15) is 9.18 Å². The van der Waals surface area contributed by atoms with Crippen molar-refractivity contribution in [3.63, 3.8) is 0 Å². The Labute approximate surface area is 161 Å². The van der Waals surface area contributed by atoms with Gasteiger partial charge in [0, 0.05) is 25.6 Å². The Morgan fingerprint density at radius 1 is 1.14 bits per heavy atom. The maximum Gasteiger partial charge on any atom is 0.228 e. The summed E-state index contributed by atoms with van der Waals surface area (Å²) in [4.78, 5) is 17.3. The lowest BCUT2D eigenvalue weighted by molar-refractivity contribution is -0.122. The first-order chi connectivity index (χ1) is 13.7. The molecule has 0 aliphatic heterocycles. The zero-order valence-corrected chi connectivity index (χ0v) is 15.2. The predicted molar refractivity (Wildman–Crippen MR) is 103 cm³/mol. The summed E-state index contributed by atoms with van der Waals surface area (Å²) in [6.07, 6.45) is 6.38. The Morgan fingerprint density at radius 3 is 2.79 bits per heavy atom. The van der Waals surface area contributed by atoms with Gasteiger partial charge in [-0.2, -0.15) is 0 Å². The Hall–Kier alpha value is -3.41. The lowest BCUT2D eigenvalue weighted by Gasteiger charge is -2.16. The molecule has 1 aromatic carbocycles. The van der Waals surface area contributed by atoms with Gasteiger partial charge in [0.2, 0.25) is 5.91 Å². The molecule has 0 saturated carbocycles. The lowest BCUT2D eigenvalue weighted by Crippen LogP contribution is -2.32. The van der Waals surface area contributed by atoms with Crippen LogP contribution in [0.1, 0.15) is 23.1 Å². The van der Waals surface area contributed by atoms with Gasteiger partial charge in [0.1, 0.15) is 17.4 Å². The number of carbonyl (C=O) groups is 1. The van der Waals surface area contributed by atoms with Gasteiger partial charge in [-0.05, 0) is 42.0 Å². The number of amides is 1. The van der Waals surface area contributed by atoms with Gasteiger partial charge in [0.25, 0.3) is 0 Å². The van der Waals surface area contributed by atoms with Gasteiger partial charge in [-0.25, -0.2) is 9.37 Å². The van der Waals surface area contributed by atoms with Gasteiger partial charge < -0.3 is 14.1 Å². The number of imidazole rings is 1. The fraction of sp³-hybridized carbons (Fsp3) is 0.182. The van der Waals surface area contributed by atoms with Gasteiger partial charge in [-0.3, -0.25) is 4.79 Å². The van der Waals surface area contributed by atoms with E-state index < -0.39 is 5.92 Å². The van der Waals surface area contributed by atoms with E-state index in [1.807, 2.05) is 41.1 Å². The van der Waals surface area contributed by atoms with Crippen LogP contribution in [0.15, 0.2) is 77.7 Å². The van der Waals surface area contributed by atoms with E-state index >= 15 is 0 Å². The largest absolute Gasteiger partial charge is 0.469 e. The van der Waals surface area contributed by atoms with Gasteiger partial charge in [0.05, 0.1) is 23.9 Å². The summed E-state index contributed by atoms with van der Waals surface area (Å²) in [6.45, 7) is 0.461. The highest BCUT2D eigenvalue weighted by Gasteiger charge is 2.22. The summed E-state index contributed by atoms with van der Waals surface area (Å²) in [7, 11) is 0. The van der Waals surface area contributed by atoms with Crippen molar-refractivity contribution in [3.8, 4) is 0 Å². The van der Waals surface area contributed by atoms with Crippen molar-refractivity contribution in [2.24, 2.45) is 0 Å². The summed E-state index contributed by atoms with van der Waals surface area (Å²) < 4.78 is 20.7. The molecule has 6 heteroatoms. The van der Waals surface area contributed by atoms with Crippen LogP contribution in [-0.2, 0) is 17.6 Å². The number of nitrogens with one attached hydrogen (secondary N) is 1. The van der Waals surface area contributed by atoms with Crippen molar-refractivity contribution < 1.29 is 13.6 Å². The molecule has 4 rings (SSSR count). The molecule has 0 fully saturated rings. The average Bonchev–Trinajstić information content (AvgIpc) is 3.37. The highest BCUT2D eigenvalue weighted by Crippen LogP contribution is 2.22. The third kappa shape index (κ3) is 3.96. The monoisotopic (exact) mass is 377 g/mol. The number of carbonyl (C=O) groups excluding carboxylic acids is 1. The standard InChI is InChI=1S/C22H20FN3O2/c23-17-8-6-16(7-9-17)20(14-19-5-3-13-28-19)22(27)24-11-10-21-25-15-18-4-1-2-12-26(18)21/h1-9,12-13,15,20H,10-11,14H2,(H,24,27). The molecule has 0 spiro atoms. The molecule has 3 heterocycles. The molecule has 0 radical (unpaired) electrons. The smallest absolute Gasteiger partial charge is 0.228 e. The fourth-order valence-corrected chi connectivity index (χ4v) is 3.29. The third-order valence-corrected chi connectivity index (χ3v) is 4.74. The second-order valence-electron chi connectivity index (χ2n) is 6.60. The first-order valence-corrected chi connectivity index (χ1v) is 9.17. The molecule has 3 aromatic heterocycles. The summed E-state index contributed by atoms with van der Waals surface area (Å²) in [6, 6.07) is 15.6. The number of halogens is 1. The van der Waals surface area contributed by atoms with Crippen LogP contribution < -0.4 is 5.32 Å². The Balaban J connectivity index is 1.45. The number of benzene rings is 1. The summed E-state index contributed by atoms with van der Waals surface area (Å²) >= 11 is 0. The molecule has 0 saturated heterocycles. The molecule has 0 aliphatic rings. The number of aromatic nitrogens is 2. The van der Waals surface area contributed by atoms with E-state index in [0.29, 0.717) is 25.1 Å². The second kappa shape index (κ2) is 8.08. The second-order valence-corrected chi connectivity index (χ2v) is 6.60. The molecule has 1 atom stereocenters. The number of furan rings is 1. The lowest BCUT2D eigenvalue weighted by atomic mass is 9.93. The van der Waals surface area contributed by atoms with E-state index in [-0.39, 0.29) is 11.7 Å². The topological polar surface area (TPSA) is 59.5 Å². The minimum Gasteiger partial charge on any atom is -0.469 e. The molecular formula is C22H20FN3O2. The maximum absolute atomic E-state index is 13.3. The summed E-state index contributed by atoms with van der Waals surface area (Å²) in [5.74, 6) is 0.698. The van der Waals surface area contributed by atoms with E-state index in [1.54, 1.807) is 24.5 Å². The van der Waals surface area contributed by atoms with Crippen molar-refractivity contribution >= 4 is 11.4 Å². The van der Waals surface area contributed by atoms with Gasteiger partial charge in [-0.15, -0.1) is 0 Å². The molecule has 28 heavy (non-hydrogen) atoms. The van der Waals surface area contributed by atoms with Gasteiger partial charge >= 0.3 is 0 Å². The van der Waals surface area contributed by atoms with E-state index in [0.717, 1.165) is 16.9 Å². The third-order valence-electron chi connectivity index (χ3n) is 4.74. The summed E-state index contributed by atoms with van der Waals surface area (Å²) in [5.41, 5.74) is 1.77. The number of rotatable bonds is 7. The molecule has 1 N–H and O–H groups in total. The number of fused-ring (bicyclic) bond motifs is 1. The number of nitrogens with zero attached hydrogens (tertiary/aromatic N) is 2. The number of hydrogen-bond donors (Lipinski definition) is 1. The van der Waals surface area contributed by atoms with Crippen LogP contribution in [-0.4, -0.2) is 21.8 Å². The predicted octanol–water partition coefficient (Wildman–Crippen LogP) is 3.75. The van der Waals surface area contributed by atoms with E-state index in [1.165, 1.54) is 12.1 Å². The highest BCUT2D eigenvalue weighted by atomic mass is 19.1. The molecule has 1 unspecified atom stereocenters. The minimum atomic E-state index is -0.455. The van der Waals surface area contributed by atoms with E-state index in [4.69, 9.17) is 4.42 Å².